The third-order valence-electron chi connectivity index (χ3n) is 13.1. The fraction of sp³-hybridized carbons (Fsp3) is 0.676. The van der Waals surface area contributed by atoms with Gasteiger partial charge in [-0.25, -0.2) is 4.79 Å². The fourth-order valence-corrected chi connectivity index (χ4v) is 11.0. The van der Waals surface area contributed by atoms with E-state index in [1.165, 1.54) is 6.92 Å². The molecule has 1 heterocycles. The highest BCUT2D eigenvalue weighted by atomic mass is 35.5. The van der Waals surface area contributed by atoms with Crippen molar-refractivity contribution >= 4 is 34.6 Å². The summed E-state index contributed by atoms with van der Waals surface area (Å²) >= 11 is 6.25. The molecule has 256 valence electrons. The summed E-state index contributed by atoms with van der Waals surface area (Å²) in [6.45, 7) is 14.6. The molecule has 0 spiro atoms. The van der Waals surface area contributed by atoms with E-state index in [1.54, 1.807) is 18.2 Å². The summed E-state index contributed by atoms with van der Waals surface area (Å²) in [5, 5.41) is 31.7. The first-order chi connectivity index (χ1) is 22.1. The number of esters is 1. The fourth-order valence-electron chi connectivity index (χ4n) is 10.9. The van der Waals surface area contributed by atoms with E-state index in [9.17, 15) is 19.8 Å². The van der Waals surface area contributed by atoms with Gasteiger partial charge in [-0.2, -0.15) is 0 Å². The number of ether oxygens (including phenoxy) is 1. The first-order valence-electron chi connectivity index (χ1n) is 17.2. The summed E-state index contributed by atoms with van der Waals surface area (Å²) in [5.41, 5.74) is 2.55. The normalized spacial score (nSPS) is 39.0. The number of aliphatic hydroxyl groups excluding tert-OH is 2. The minimum atomic E-state index is -0.626. The van der Waals surface area contributed by atoms with E-state index < -0.39 is 24.1 Å². The molecule has 0 radical (unpaired) electrons. The lowest BCUT2D eigenvalue weighted by Gasteiger charge is -2.69. The quantitative estimate of drug-likeness (QED) is 0.152. The second-order valence-corrected chi connectivity index (χ2v) is 16.3. The van der Waals surface area contributed by atoms with Crippen LogP contribution < -0.4 is 4.84 Å². The number of carbonyl (C=O) groups is 2. The predicted molar refractivity (Wildman–Crippen MR) is 179 cm³/mol. The average molecular weight is 668 g/mol. The third-order valence-corrected chi connectivity index (χ3v) is 13.3. The maximum atomic E-state index is 14.3. The van der Waals surface area contributed by atoms with E-state index in [0.717, 1.165) is 41.7 Å². The summed E-state index contributed by atoms with van der Waals surface area (Å²) in [6, 6.07) is 5.06. The number of hydrogen-bond acceptors (Lipinski definition) is 8. The van der Waals surface area contributed by atoms with E-state index in [1.807, 2.05) is 13.8 Å². The van der Waals surface area contributed by atoms with Gasteiger partial charge >= 0.3 is 11.9 Å². The molecular weight excluding hydrogens is 618 g/mol. The maximum absolute atomic E-state index is 14.3. The van der Waals surface area contributed by atoms with E-state index in [0.29, 0.717) is 53.2 Å². The summed E-state index contributed by atoms with van der Waals surface area (Å²) in [4.78, 5) is 34.0. The Bertz CT molecular complexity index is 1630. The number of halogens is 1. The molecule has 0 aliphatic heterocycles. The molecule has 0 bridgehead atoms. The Hall–Kier alpha value is -2.75. The van der Waals surface area contributed by atoms with Gasteiger partial charge in [0, 0.05) is 17.5 Å². The Morgan fingerprint density at radius 2 is 1.83 bits per heavy atom. The molecule has 3 unspecified atom stereocenters. The molecule has 47 heavy (non-hydrogen) atoms. The zero-order chi connectivity index (χ0) is 34.1. The van der Waals surface area contributed by atoms with Crippen molar-refractivity contribution in [2.24, 2.45) is 39.9 Å². The Labute approximate surface area is 282 Å². The van der Waals surface area contributed by atoms with Crippen LogP contribution in [0.2, 0.25) is 5.02 Å². The van der Waals surface area contributed by atoms with Crippen LogP contribution in [-0.2, 0) is 14.3 Å². The highest BCUT2D eigenvalue weighted by Crippen LogP contribution is 2.74. The number of aliphatic hydroxyl groups is 2. The molecule has 4 aliphatic rings. The largest absolute Gasteiger partial charge is 0.458 e. The van der Waals surface area contributed by atoms with Crippen LogP contribution in [0.3, 0.4) is 0 Å². The lowest BCUT2D eigenvalue weighted by Crippen LogP contribution is -2.65. The second kappa shape index (κ2) is 12.3. The zero-order valence-corrected chi connectivity index (χ0v) is 29.5. The van der Waals surface area contributed by atoms with Gasteiger partial charge in [-0.3, -0.25) is 4.79 Å². The minimum absolute atomic E-state index is 0.00890. The topological polar surface area (TPSA) is 124 Å². The molecule has 10 atom stereocenters. The van der Waals surface area contributed by atoms with Crippen molar-refractivity contribution in [1.29, 1.82) is 0 Å². The molecule has 10 heteroatoms. The number of benzene rings is 1. The van der Waals surface area contributed by atoms with Gasteiger partial charge in [0.2, 0.25) is 0 Å². The highest BCUT2D eigenvalue weighted by molar-refractivity contribution is 6.31. The highest BCUT2D eigenvalue weighted by Gasteiger charge is 2.70. The van der Waals surface area contributed by atoms with Crippen LogP contribution in [0.25, 0.3) is 11.0 Å². The number of fused-ring (bicyclic) bond motifs is 6. The number of rotatable bonds is 6. The second-order valence-electron chi connectivity index (χ2n) is 15.8. The van der Waals surface area contributed by atoms with E-state index in [4.69, 9.17) is 21.2 Å². The molecule has 6 rings (SSSR count). The molecule has 2 N–H and O–H groups in total. The lowest BCUT2D eigenvalue weighted by atomic mass is 9.36. The van der Waals surface area contributed by atoms with Gasteiger partial charge < -0.3 is 19.8 Å². The molecule has 9 nitrogen and oxygen atoms in total. The van der Waals surface area contributed by atoms with Gasteiger partial charge in [-0.05, 0) is 134 Å². The van der Waals surface area contributed by atoms with Crippen molar-refractivity contribution in [3.8, 4) is 0 Å². The van der Waals surface area contributed by atoms with Crippen LogP contribution in [0.1, 0.15) is 99.8 Å². The first kappa shape index (κ1) is 34.1. The van der Waals surface area contributed by atoms with E-state index in [2.05, 4.69) is 44.1 Å². The number of nitrogens with zero attached hydrogens (tertiary/aromatic N) is 3. The number of hydrogen-bond donors (Lipinski definition) is 2. The van der Waals surface area contributed by atoms with Crippen molar-refractivity contribution in [2.75, 3.05) is 0 Å². The Morgan fingerprint density at radius 1 is 1.09 bits per heavy atom. The summed E-state index contributed by atoms with van der Waals surface area (Å²) in [7, 11) is 0. The van der Waals surface area contributed by atoms with Crippen LogP contribution >= 0.6 is 11.6 Å². The zero-order valence-electron chi connectivity index (χ0n) is 28.8. The Kier molecular flexibility index (Phi) is 8.93. The minimum Gasteiger partial charge on any atom is -0.458 e. The number of allylic oxidation sites excluding steroid dienone is 2. The molecular formula is C37H50ClN3O6. The Morgan fingerprint density at radius 3 is 2.53 bits per heavy atom. The summed E-state index contributed by atoms with van der Waals surface area (Å²) in [6.07, 6.45) is 5.98. The molecule has 4 saturated carbocycles. The molecule has 2 aromatic rings. The van der Waals surface area contributed by atoms with Gasteiger partial charge in [0.25, 0.3) is 0 Å². The molecule has 1 aromatic heterocycles. The Balaban J connectivity index is 1.46. The third kappa shape index (κ3) is 5.54. The van der Waals surface area contributed by atoms with E-state index in [-0.39, 0.29) is 40.1 Å². The van der Waals surface area contributed by atoms with Gasteiger partial charge in [-0.1, -0.05) is 55.8 Å². The van der Waals surface area contributed by atoms with Gasteiger partial charge in [0.1, 0.15) is 17.1 Å². The van der Waals surface area contributed by atoms with Crippen molar-refractivity contribution in [3.63, 3.8) is 0 Å². The van der Waals surface area contributed by atoms with Gasteiger partial charge in [0.05, 0.1) is 12.2 Å². The van der Waals surface area contributed by atoms with Crippen molar-refractivity contribution < 1.29 is 29.4 Å². The summed E-state index contributed by atoms with van der Waals surface area (Å²) in [5.74, 6) is -0.691. The van der Waals surface area contributed by atoms with Crippen LogP contribution in [0, 0.1) is 39.9 Å². The van der Waals surface area contributed by atoms with Gasteiger partial charge in [-0.15, -0.1) is 5.10 Å². The van der Waals surface area contributed by atoms with Crippen LogP contribution in [-0.4, -0.2) is 55.6 Å². The van der Waals surface area contributed by atoms with E-state index >= 15 is 0 Å². The smallest absolute Gasteiger partial charge is 0.361 e. The first-order valence-corrected chi connectivity index (χ1v) is 17.6. The van der Waals surface area contributed by atoms with Gasteiger partial charge in [0.15, 0.2) is 0 Å². The molecule has 4 aliphatic carbocycles. The average Bonchev–Trinajstić information content (AvgIpc) is 3.50. The monoisotopic (exact) mass is 667 g/mol. The number of carbonyl (C=O) groups excluding carboxylic acids is 2. The number of aromatic nitrogens is 3. The van der Waals surface area contributed by atoms with Crippen molar-refractivity contribution in [3.05, 3.63) is 46.0 Å². The van der Waals surface area contributed by atoms with Crippen LogP contribution in [0.5, 0.6) is 0 Å². The predicted octanol–water partition coefficient (Wildman–Crippen LogP) is 6.64. The summed E-state index contributed by atoms with van der Waals surface area (Å²) < 4.78 is 6.10. The lowest BCUT2D eigenvalue weighted by molar-refractivity contribution is -0.234. The van der Waals surface area contributed by atoms with Crippen molar-refractivity contribution in [2.45, 2.75) is 118 Å². The van der Waals surface area contributed by atoms with Crippen LogP contribution in [0.4, 0.5) is 0 Å². The molecule has 1 aromatic carbocycles. The molecule has 4 fully saturated rings. The molecule has 0 saturated heterocycles. The standard InChI is InChI=1S/C37H50ClN3O6/c1-20(2)9-8-10-24(34(45)47-41-28-17-23(38)11-12-27(28)39-40-41)32-26-18-30(44)33-35(5)15-14-29(43)21(3)25(35)13-16-36(33,6)37(26,7)19-31(32)46-22(4)42/h9,11-12,17,21,25-26,29-31,33,43-44H,8,10,13-16,18-19H2,1-7H3/b32-24-/t21-,25?,26?,29+,30+,31-,33?,35-,36-,37-/m0/s1. The van der Waals surface area contributed by atoms with Crippen LogP contribution in [0.15, 0.2) is 41.0 Å². The maximum Gasteiger partial charge on any atom is 0.361 e. The molecule has 0 amide bonds. The van der Waals surface area contributed by atoms with Crippen molar-refractivity contribution in [1.82, 2.24) is 15.2 Å². The SMILES string of the molecule is CC(=O)O[C@H]1C[C@@]2(C)C(C[C@@H](O)C3[C@@]4(C)CC[C@@H](O)[C@@H](C)C4CC[C@@]32C)/C1=C(\CCC=C(C)C)C(=O)On1nnc2ccc(Cl)cc21.